The summed E-state index contributed by atoms with van der Waals surface area (Å²) < 4.78 is 0. The predicted octanol–water partition coefficient (Wildman–Crippen LogP) is 2.59. The Hall–Kier alpha value is -0.980. The van der Waals surface area contributed by atoms with E-state index in [1.165, 1.54) is 0 Å². The summed E-state index contributed by atoms with van der Waals surface area (Å²) in [5.74, 6) is 0. The smallest absolute Gasteiger partial charge is 0.0334 e. The molecule has 0 aliphatic rings. The van der Waals surface area contributed by atoms with Crippen LogP contribution in [-0.4, -0.2) is 0 Å². The van der Waals surface area contributed by atoms with Crippen LogP contribution in [-0.2, 0) is 0 Å². The molecular weight excluding hydrogens is 122 g/mol. The van der Waals surface area contributed by atoms with Crippen LogP contribution in [0.15, 0.2) is 36.2 Å². The molecule has 0 aromatic carbocycles. The minimum absolute atomic E-state index is 0.922. The third kappa shape index (κ3) is 3.13. The van der Waals surface area contributed by atoms with Crippen molar-refractivity contribution >= 4 is 0 Å². The van der Waals surface area contributed by atoms with Crippen LogP contribution < -0.4 is 5.32 Å². The molecule has 1 heteroatoms. The topological polar surface area (TPSA) is 12.0 Å². The van der Waals surface area contributed by atoms with Crippen LogP contribution in [0.3, 0.4) is 0 Å². The van der Waals surface area contributed by atoms with Gasteiger partial charge in [-0.1, -0.05) is 19.2 Å². The van der Waals surface area contributed by atoms with Gasteiger partial charge in [-0.05, 0) is 26.3 Å². The first-order valence-corrected chi connectivity index (χ1v) is 3.32. The second-order valence-electron chi connectivity index (χ2n) is 2.36. The Kier molecular flexibility index (Phi) is 3.55. The van der Waals surface area contributed by atoms with Crippen LogP contribution in [0.25, 0.3) is 0 Å². The summed E-state index contributed by atoms with van der Waals surface area (Å²) in [6, 6.07) is 0. The van der Waals surface area contributed by atoms with Crippen molar-refractivity contribution in [1.29, 1.82) is 0 Å². The van der Waals surface area contributed by atoms with Crippen molar-refractivity contribution in [3.63, 3.8) is 0 Å². The lowest BCUT2D eigenvalue weighted by atomic mass is 10.2. The fourth-order valence-corrected chi connectivity index (χ4v) is 0.530. The average Bonchev–Trinajstić information content (AvgIpc) is 1.85. The van der Waals surface area contributed by atoms with Crippen LogP contribution in [0, 0.1) is 0 Å². The quantitative estimate of drug-likeness (QED) is 0.589. The highest BCUT2D eigenvalue weighted by Gasteiger charge is 1.92. The Balaban J connectivity index is 3.99. The van der Waals surface area contributed by atoms with Gasteiger partial charge in [0.1, 0.15) is 0 Å². The molecule has 0 aromatic rings. The third-order valence-corrected chi connectivity index (χ3v) is 1.27. The molecule has 0 rings (SSSR count). The van der Waals surface area contributed by atoms with Crippen molar-refractivity contribution in [2.75, 3.05) is 0 Å². The van der Waals surface area contributed by atoms with Gasteiger partial charge in [-0.25, -0.2) is 0 Å². The van der Waals surface area contributed by atoms with E-state index in [0.717, 1.165) is 17.0 Å². The zero-order chi connectivity index (χ0) is 8.15. The summed E-state index contributed by atoms with van der Waals surface area (Å²) in [7, 11) is 0. The molecule has 0 amide bonds. The van der Waals surface area contributed by atoms with Gasteiger partial charge < -0.3 is 5.32 Å². The van der Waals surface area contributed by atoms with Crippen molar-refractivity contribution < 1.29 is 0 Å². The van der Waals surface area contributed by atoms with E-state index < -0.39 is 0 Å². The van der Waals surface area contributed by atoms with E-state index in [4.69, 9.17) is 0 Å². The van der Waals surface area contributed by atoms with Crippen molar-refractivity contribution in [2.24, 2.45) is 0 Å². The number of hydrogen-bond acceptors (Lipinski definition) is 1. The molecule has 0 aliphatic carbocycles. The number of rotatable bonds is 3. The van der Waals surface area contributed by atoms with Gasteiger partial charge in [-0.15, -0.1) is 0 Å². The molecule has 1 nitrogen and oxygen atoms in total. The predicted molar refractivity (Wildman–Crippen MR) is 46.5 cm³/mol. The van der Waals surface area contributed by atoms with Crippen LogP contribution in [0.2, 0.25) is 0 Å². The molecule has 0 spiro atoms. The first-order chi connectivity index (χ1) is 4.57. The monoisotopic (exact) mass is 137 g/mol. The Morgan fingerprint density at radius 3 is 2.10 bits per heavy atom. The maximum absolute atomic E-state index is 3.83. The van der Waals surface area contributed by atoms with Crippen molar-refractivity contribution in [3.05, 3.63) is 36.2 Å². The Bertz CT molecular complexity index is 175. The third-order valence-electron chi connectivity index (χ3n) is 1.27. The molecule has 0 unspecified atom stereocenters. The van der Waals surface area contributed by atoms with E-state index in [1.54, 1.807) is 0 Å². The molecule has 0 heterocycles. The first-order valence-electron chi connectivity index (χ1n) is 3.32. The molecule has 10 heavy (non-hydrogen) atoms. The van der Waals surface area contributed by atoms with Gasteiger partial charge in [-0.3, -0.25) is 0 Å². The second kappa shape index (κ2) is 3.94. The molecule has 0 saturated carbocycles. The zero-order valence-corrected chi connectivity index (χ0v) is 6.99. The molecule has 0 bridgehead atoms. The van der Waals surface area contributed by atoms with E-state index in [0.29, 0.717) is 0 Å². The van der Waals surface area contributed by atoms with Gasteiger partial charge in [0, 0.05) is 11.4 Å². The molecule has 0 saturated heterocycles. The van der Waals surface area contributed by atoms with Gasteiger partial charge in [-0.2, -0.15) is 0 Å². The summed E-state index contributed by atoms with van der Waals surface area (Å²) >= 11 is 0. The second-order valence-corrected chi connectivity index (χ2v) is 2.36. The number of allylic oxidation sites excluding steroid dienone is 3. The lowest BCUT2D eigenvalue weighted by Crippen LogP contribution is -2.08. The summed E-state index contributed by atoms with van der Waals surface area (Å²) in [6.45, 7) is 13.4. The van der Waals surface area contributed by atoms with Crippen LogP contribution in [0.1, 0.15) is 20.8 Å². The molecule has 0 atom stereocenters. The number of hydrogen-bond donors (Lipinski definition) is 1. The van der Waals surface area contributed by atoms with Gasteiger partial charge in [0.05, 0.1) is 0 Å². The normalized spacial score (nSPS) is 10.9. The lowest BCUT2D eigenvalue weighted by Gasteiger charge is -2.07. The molecule has 1 N–H and O–H groups in total. The highest BCUT2D eigenvalue weighted by Crippen LogP contribution is 2.03. The summed E-state index contributed by atoms with van der Waals surface area (Å²) in [5, 5.41) is 3.04. The zero-order valence-electron chi connectivity index (χ0n) is 6.99. The van der Waals surface area contributed by atoms with E-state index in [9.17, 15) is 0 Å². The van der Waals surface area contributed by atoms with Crippen LogP contribution >= 0.6 is 0 Å². The van der Waals surface area contributed by atoms with Gasteiger partial charge in [0.15, 0.2) is 0 Å². The molecule has 0 aromatic heterocycles. The lowest BCUT2D eigenvalue weighted by molar-refractivity contribution is 0.988. The first kappa shape index (κ1) is 9.02. The van der Waals surface area contributed by atoms with E-state index in [1.807, 2.05) is 26.8 Å². The molecular formula is C9H15N. The number of nitrogens with one attached hydrogen (secondary N) is 1. The van der Waals surface area contributed by atoms with E-state index in [-0.39, 0.29) is 0 Å². The highest BCUT2D eigenvalue weighted by atomic mass is 14.9. The summed E-state index contributed by atoms with van der Waals surface area (Å²) in [6.07, 6.45) is 2.01. The fourth-order valence-electron chi connectivity index (χ4n) is 0.530. The van der Waals surface area contributed by atoms with Gasteiger partial charge in [0.25, 0.3) is 0 Å². The van der Waals surface area contributed by atoms with E-state index in [2.05, 4.69) is 18.5 Å². The summed E-state index contributed by atoms with van der Waals surface area (Å²) in [5.41, 5.74) is 3.00. The van der Waals surface area contributed by atoms with Crippen molar-refractivity contribution in [3.8, 4) is 0 Å². The Morgan fingerprint density at radius 2 is 1.80 bits per heavy atom. The SMILES string of the molecule is C=C(C)NC(=C)/C(C)=C\C. The highest BCUT2D eigenvalue weighted by molar-refractivity contribution is 5.26. The summed E-state index contributed by atoms with van der Waals surface area (Å²) in [4.78, 5) is 0. The molecule has 0 aliphatic heterocycles. The van der Waals surface area contributed by atoms with Crippen molar-refractivity contribution in [1.82, 2.24) is 5.32 Å². The van der Waals surface area contributed by atoms with Crippen LogP contribution in [0.5, 0.6) is 0 Å². The Labute approximate surface area is 63.1 Å². The minimum atomic E-state index is 0.922. The van der Waals surface area contributed by atoms with Gasteiger partial charge >= 0.3 is 0 Å². The molecule has 56 valence electrons. The fraction of sp³-hybridized carbons (Fsp3) is 0.333. The molecule has 0 fully saturated rings. The maximum atomic E-state index is 3.83. The van der Waals surface area contributed by atoms with E-state index >= 15 is 0 Å². The van der Waals surface area contributed by atoms with Crippen molar-refractivity contribution in [2.45, 2.75) is 20.8 Å². The standard InChI is InChI=1S/C9H15N/c1-6-8(4)9(5)10-7(2)3/h6,10H,2,5H2,1,3-4H3/b8-6-. The van der Waals surface area contributed by atoms with Crippen LogP contribution in [0.4, 0.5) is 0 Å². The Morgan fingerprint density at radius 1 is 1.30 bits per heavy atom. The minimum Gasteiger partial charge on any atom is -0.360 e. The average molecular weight is 137 g/mol. The maximum Gasteiger partial charge on any atom is 0.0334 e. The largest absolute Gasteiger partial charge is 0.360 e. The molecule has 0 radical (unpaired) electrons. The van der Waals surface area contributed by atoms with Gasteiger partial charge in [0.2, 0.25) is 0 Å².